The van der Waals surface area contributed by atoms with Gasteiger partial charge in [-0.1, -0.05) is 12.6 Å². The molecular formula is C24H22N10O. The van der Waals surface area contributed by atoms with Crippen LogP contribution in [0.1, 0.15) is 29.7 Å². The minimum absolute atomic E-state index is 0.306. The van der Waals surface area contributed by atoms with E-state index < -0.39 is 0 Å². The number of hydrogen-bond acceptors (Lipinski definition) is 9. The number of pyridine rings is 1. The van der Waals surface area contributed by atoms with E-state index in [-0.39, 0.29) is 0 Å². The first-order chi connectivity index (χ1) is 16.9. The van der Waals surface area contributed by atoms with E-state index in [2.05, 4.69) is 35.5 Å². The van der Waals surface area contributed by atoms with Crippen LogP contribution in [0.5, 0.6) is 5.75 Å². The Morgan fingerprint density at radius 2 is 2.03 bits per heavy atom. The maximum atomic E-state index is 7.32. The lowest BCUT2D eigenvalue weighted by atomic mass is 10.1. The molecule has 3 aromatic heterocycles. The number of methoxy groups -OCH3 is 1. The Morgan fingerprint density at radius 1 is 1.17 bits per heavy atom. The molecule has 4 aromatic rings. The standard InChI is InChI=1S/C24H22N10O/c1-13-9-19-21(27-13)20(11-15(28-19)10-16-12-26-14(2)23(25-3)29-16)30-18-8-6-7-17(22(18)35-5)24-31-33-34(4)32-24/h6-8,11-12H,9-10H2,1-2,4-5H3,(H,28,30). The molecule has 0 fully saturated rings. The number of nitrogens with zero attached hydrogens (tertiary/aromatic N) is 9. The van der Waals surface area contributed by atoms with Crippen LogP contribution >= 0.6 is 0 Å². The summed E-state index contributed by atoms with van der Waals surface area (Å²) < 4.78 is 5.74. The Labute approximate surface area is 201 Å². The Hall–Kier alpha value is -4.72. The molecule has 0 aliphatic carbocycles. The van der Waals surface area contributed by atoms with Crippen molar-refractivity contribution >= 4 is 28.6 Å². The third-order valence-electron chi connectivity index (χ3n) is 5.53. The van der Waals surface area contributed by atoms with E-state index in [1.807, 2.05) is 31.2 Å². The molecule has 1 aliphatic rings. The molecule has 174 valence electrons. The summed E-state index contributed by atoms with van der Waals surface area (Å²) in [6, 6.07) is 7.66. The van der Waals surface area contributed by atoms with Crippen LogP contribution < -0.4 is 10.1 Å². The second kappa shape index (κ2) is 8.90. The Morgan fingerprint density at radius 3 is 2.77 bits per heavy atom. The highest BCUT2D eigenvalue weighted by Gasteiger charge is 2.22. The van der Waals surface area contributed by atoms with Crippen molar-refractivity contribution in [1.82, 2.24) is 35.2 Å². The fourth-order valence-corrected chi connectivity index (χ4v) is 3.98. The summed E-state index contributed by atoms with van der Waals surface area (Å²) in [4.78, 5) is 23.2. The highest BCUT2D eigenvalue weighted by molar-refractivity contribution is 5.95. The first-order valence-corrected chi connectivity index (χ1v) is 10.9. The smallest absolute Gasteiger partial charge is 0.291 e. The first kappa shape index (κ1) is 22.1. The minimum atomic E-state index is 0.306. The fourth-order valence-electron chi connectivity index (χ4n) is 3.98. The van der Waals surface area contributed by atoms with Crippen LogP contribution in [0.3, 0.4) is 0 Å². The second-order valence-electron chi connectivity index (χ2n) is 8.15. The van der Waals surface area contributed by atoms with Crippen molar-refractivity contribution in [3.05, 3.63) is 64.7 Å². The molecule has 0 unspecified atom stereocenters. The maximum Gasteiger partial charge on any atom is 0.291 e. The Balaban J connectivity index is 1.54. The van der Waals surface area contributed by atoms with Gasteiger partial charge in [0, 0.05) is 12.1 Å². The summed E-state index contributed by atoms with van der Waals surface area (Å²) in [6.45, 7) is 11.1. The zero-order chi connectivity index (χ0) is 24.5. The molecule has 1 N–H and O–H groups in total. The molecule has 11 nitrogen and oxygen atoms in total. The van der Waals surface area contributed by atoms with Gasteiger partial charge < -0.3 is 14.9 Å². The number of aryl methyl sites for hydroxylation is 2. The molecule has 0 atom stereocenters. The van der Waals surface area contributed by atoms with Gasteiger partial charge in [0.2, 0.25) is 5.82 Å². The van der Waals surface area contributed by atoms with Gasteiger partial charge in [0.15, 0.2) is 11.4 Å². The van der Waals surface area contributed by atoms with Crippen LogP contribution in [0.15, 0.2) is 35.5 Å². The highest BCUT2D eigenvalue weighted by Crippen LogP contribution is 2.41. The van der Waals surface area contributed by atoms with E-state index in [0.717, 1.165) is 39.7 Å². The number of hydrogen-bond donors (Lipinski definition) is 1. The van der Waals surface area contributed by atoms with Crippen LogP contribution in [0.2, 0.25) is 0 Å². The Bertz CT molecular complexity index is 1520. The van der Waals surface area contributed by atoms with Gasteiger partial charge in [-0.05, 0) is 37.3 Å². The lowest BCUT2D eigenvalue weighted by molar-refractivity contribution is 0.418. The van der Waals surface area contributed by atoms with Crippen molar-refractivity contribution in [2.24, 2.45) is 12.0 Å². The van der Waals surface area contributed by atoms with Crippen LogP contribution in [-0.4, -0.2) is 48.0 Å². The predicted molar refractivity (Wildman–Crippen MR) is 131 cm³/mol. The molecule has 0 spiro atoms. The van der Waals surface area contributed by atoms with Crippen molar-refractivity contribution in [2.75, 3.05) is 12.4 Å². The number of rotatable bonds is 6. The van der Waals surface area contributed by atoms with Crippen molar-refractivity contribution < 1.29 is 4.74 Å². The lowest BCUT2D eigenvalue weighted by Gasteiger charge is -2.16. The van der Waals surface area contributed by atoms with Gasteiger partial charge >= 0.3 is 0 Å². The number of nitrogens with one attached hydrogen (secondary N) is 1. The molecule has 11 heteroatoms. The molecular weight excluding hydrogens is 444 g/mol. The normalized spacial score (nSPS) is 12.1. The van der Waals surface area contributed by atoms with Crippen molar-refractivity contribution in [3.8, 4) is 17.1 Å². The van der Waals surface area contributed by atoms with E-state index in [9.17, 15) is 0 Å². The molecule has 0 amide bonds. The van der Waals surface area contributed by atoms with E-state index in [0.29, 0.717) is 41.6 Å². The summed E-state index contributed by atoms with van der Waals surface area (Å²) >= 11 is 0. The molecule has 35 heavy (non-hydrogen) atoms. The number of aromatic nitrogens is 7. The summed E-state index contributed by atoms with van der Waals surface area (Å²) in [7, 11) is 3.32. The number of fused-ring (bicyclic) bond motifs is 1. The quantitative estimate of drug-likeness (QED) is 0.425. The van der Waals surface area contributed by atoms with Crippen LogP contribution in [0.4, 0.5) is 22.9 Å². The number of aliphatic imine (C=N–C) groups is 1. The molecule has 1 aliphatic heterocycles. The number of anilines is 2. The van der Waals surface area contributed by atoms with E-state index in [4.69, 9.17) is 21.3 Å². The summed E-state index contributed by atoms with van der Waals surface area (Å²) in [5.74, 6) is 1.37. The average molecular weight is 467 g/mol. The summed E-state index contributed by atoms with van der Waals surface area (Å²) in [5.41, 5.74) is 7.03. The second-order valence-corrected chi connectivity index (χ2v) is 8.15. The SMILES string of the molecule is [C-]#[N+]c1nc(Cc2cc(Nc3cccc(-c4nnn(C)n4)c3OC)c3c(n2)CC(C)=N3)cnc1C. The monoisotopic (exact) mass is 466 g/mol. The average Bonchev–Trinajstić information content (AvgIpc) is 3.45. The van der Waals surface area contributed by atoms with Gasteiger partial charge in [-0.3, -0.25) is 15.0 Å². The zero-order valence-corrected chi connectivity index (χ0v) is 19.7. The summed E-state index contributed by atoms with van der Waals surface area (Å²) in [6.07, 6.45) is 2.80. The molecule has 0 saturated heterocycles. The molecule has 0 bridgehead atoms. The summed E-state index contributed by atoms with van der Waals surface area (Å²) in [5, 5.41) is 15.8. The Kier molecular flexibility index (Phi) is 5.62. The molecule has 0 saturated carbocycles. The third kappa shape index (κ3) is 4.29. The fraction of sp³-hybridized carbons (Fsp3) is 0.250. The number of benzene rings is 1. The topological polar surface area (TPSA) is 120 Å². The largest absolute Gasteiger partial charge is 0.494 e. The highest BCUT2D eigenvalue weighted by atomic mass is 16.5. The van der Waals surface area contributed by atoms with Gasteiger partial charge in [0.05, 0.1) is 60.8 Å². The van der Waals surface area contributed by atoms with Gasteiger partial charge in [-0.2, -0.15) is 4.80 Å². The van der Waals surface area contributed by atoms with Crippen LogP contribution in [-0.2, 0) is 19.9 Å². The van der Waals surface area contributed by atoms with Gasteiger partial charge in [-0.25, -0.2) is 0 Å². The maximum absolute atomic E-state index is 7.32. The van der Waals surface area contributed by atoms with Crippen LogP contribution in [0, 0.1) is 13.5 Å². The van der Waals surface area contributed by atoms with Crippen molar-refractivity contribution in [2.45, 2.75) is 26.7 Å². The van der Waals surface area contributed by atoms with Gasteiger partial charge in [0.25, 0.3) is 5.82 Å². The van der Waals surface area contributed by atoms with E-state index in [1.165, 1.54) is 4.80 Å². The molecule has 4 heterocycles. The molecule has 5 rings (SSSR count). The third-order valence-corrected chi connectivity index (χ3v) is 5.53. The number of tetrazole rings is 1. The van der Waals surface area contributed by atoms with Gasteiger partial charge in [-0.15, -0.1) is 15.2 Å². The predicted octanol–water partition coefficient (Wildman–Crippen LogP) is 3.91. The zero-order valence-electron chi connectivity index (χ0n) is 19.7. The number of para-hydroxylation sites is 1. The number of ether oxygens (including phenoxy) is 1. The van der Waals surface area contributed by atoms with E-state index >= 15 is 0 Å². The lowest BCUT2D eigenvalue weighted by Crippen LogP contribution is -2.03. The van der Waals surface area contributed by atoms with Crippen molar-refractivity contribution in [3.63, 3.8) is 0 Å². The first-order valence-electron chi connectivity index (χ1n) is 10.9. The van der Waals surface area contributed by atoms with Gasteiger partial charge in [0.1, 0.15) is 5.69 Å². The van der Waals surface area contributed by atoms with E-state index in [1.54, 1.807) is 27.3 Å². The van der Waals surface area contributed by atoms with Crippen molar-refractivity contribution in [1.29, 1.82) is 0 Å². The minimum Gasteiger partial charge on any atom is -0.494 e. The van der Waals surface area contributed by atoms with Crippen LogP contribution in [0.25, 0.3) is 16.2 Å². The molecule has 1 aromatic carbocycles. The molecule has 0 radical (unpaired) electrons.